The first-order valence-corrected chi connectivity index (χ1v) is 7.88. The van der Waals surface area contributed by atoms with Crippen LogP contribution in [0.4, 0.5) is 0 Å². The van der Waals surface area contributed by atoms with E-state index in [9.17, 15) is 0 Å². The highest BCUT2D eigenvalue weighted by atomic mass is 14.1. The number of hydrogen-bond acceptors (Lipinski definition) is 0. The topological polar surface area (TPSA) is 0 Å². The van der Waals surface area contributed by atoms with Gasteiger partial charge in [0.25, 0.3) is 0 Å². The molecule has 0 saturated heterocycles. The Kier molecular flexibility index (Phi) is 2.42. The van der Waals surface area contributed by atoms with Crippen LogP contribution >= 0.6 is 0 Å². The summed E-state index contributed by atoms with van der Waals surface area (Å²) < 4.78 is 0. The average Bonchev–Trinajstić information content (AvgIpc) is 2.54. The molecule has 0 unspecified atom stereocenters. The second-order valence-electron chi connectivity index (χ2n) is 6.30. The van der Waals surface area contributed by atoms with E-state index in [1.165, 1.54) is 43.8 Å². The zero-order valence-corrected chi connectivity index (χ0v) is 12.3. The van der Waals surface area contributed by atoms with Crippen LogP contribution in [0, 0.1) is 0 Å². The maximum Gasteiger partial charge on any atom is -0.00194 e. The van der Waals surface area contributed by atoms with Crippen LogP contribution in [-0.4, -0.2) is 0 Å². The van der Waals surface area contributed by atoms with Crippen LogP contribution in [-0.2, 0) is 12.8 Å². The van der Waals surface area contributed by atoms with Crippen LogP contribution in [0.5, 0.6) is 0 Å². The van der Waals surface area contributed by atoms with Crippen molar-refractivity contribution < 1.29 is 0 Å². The monoisotopic (exact) mass is 280 g/mol. The summed E-state index contributed by atoms with van der Waals surface area (Å²) in [5.41, 5.74) is 5.61. The van der Waals surface area contributed by atoms with Crippen molar-refractivity contribution in [2.45, 2.75) is 12.8 Å². The number of hydrogen-bond donors (Lipinski definition) is 0. The lowest BCUT2D eigenvalue weighted by molar-refractivity contribution is 1.19. The molecule has 0 heterocycles. The highest BCUT2D eigenvalue weighted by Gasteiger charge is 2.09. The molecule has 8 bridgehead atoms. The Morgan fingerprint density at radius 1 is 0.500 bits per heavy atom. The summed E-state index contributed by atoms with van der Waals surface area (Å²) in [5, 5.41) is 5.49. The normalized spacial score (nSPS) is 13.1. The van der Waals surface area contributed by atoms with Gasteiger partial charge in [0, 0.05) is 0 Å². The van der Waals surface area contributed by atoms with Crippen LogP contribution in [0.1, 0.15) is 22.3 Å². The molecule has 104 valence electrons. The van der Waals surface area contributed by atoms with E-state index < -0.39 is 0 Å². The Morgan fingerprint density at radius 3 is 1.50 bits per heavy atom. The van der Waals surface area contributed by atoms with Gasteiger partial charge in [-0.3, -0.25) is 0 Å². The summed E-state index contributed by atoms with van der Waals surface area (Å²) in [6.45, 7) is 0. The molecule has 4 aliphatic carbocycles. The fraction of sp³-hybridized carbons (Fsp3) is 0.0909. The molecule has 0 nitrogen and oxygen atoms in total. The first-order valence-electron chi connectivity index (χ1n) is 7.88. The minimum atomic E-state index is 0.997. The van der Waals surface area contributed by atoms with E-state index in [0.717, 1.165) is 12.8 Å². The molecule has 0 aromatic heterocycles. The van der Waals surface area contributed by atoms with Gasteiger partial charge < -0.3 is 0 Å². The quantitative estimate of drug-likeness (QED) is 0.352. The second-order valence-corrected chi connectivity index (χ2v) is 6.30. The van der Waals surface area contributed by atoms with Crippen LogP contribution in [0.15, 0.2) is 72.8 Å². The first kappa shape index (κ1) is 12.0. The van der Waals surface area contributed by atoms with E-state index >= 15 is 0 Å². The van der Waals surface area contributed by atoms with Crippen molar-refractivity contribution in [3.8, 4) is 0 Å². The lowest BCUT2D eigenvalue weighted by Crippen LogP contribution is -1.96. The number of benzene rings is 4. The smallest absolute Gasteiger partial charge is 0.00194 e. The summed E-state index contributed by atoms with van der Waals surface area (Å²) in [6, 6.07) is 27.2. The van der Waals surface area contributed by atoms with E-state index in [2.05, 4.69) is 72.8 Å². The summed E-state index contributed by atoms with van der Waals surface area (Å²) >= 11 is 0. The zero-order valence-electron chi connectivity index (χ0n) is 12.3. The molecule has 0 saturated carbocycles. The van der Waals surface area contributed by atoms with Gasteiger partial charge in [-0.05, 0) is 56.6 Å². The van der Waals surface area contributed by atoms with E-state index in [0.29, 0.717) is 0 Å². The average molecular weight is 280 g/mol. The predicted molar refractivity (Wildman–Crippen MR) is 93.5 cm³/mol. The molecule has 0 N–H and O–H groups in total. The molecular weight excluding hydrogens is 264 g/mol. The van der Waals surface area contributed by atoms with Gasteiger partial charge in [-0.25, -0.2) is 0 Å². The molecule has 0 radical (unpaired) electrons. The van der Waals surface area contributed by atoms with Gasteiger partial charge in [0.05, 0.1) is 0 Å². The largest absolute Gasteiger partial charge is 0.0613 e. The van der Waals surface area contributed by atoms with E-state index in [1.54, 1.807) is 0 Å². The molecule has 0 spiro atoms. The first-order chi connectivity index (χ1) is 10.9. The van der Waals surface area contributed by atoms with Crippen LogP contribution in [0.3, 0.4) is 0 Å². The van der Waals surface area contributed by atoms with Crippen molar-refractivity contribution in [1.29, 1.82) is 0 Å². The summed E-state index contributed by atoms with van der Waals surface area (Å²) in [6.07, 6.45) is 1.99. The van der Waals surface area contributed by atoms with E-state index in [1.807, 2.05) is 0 Å². The highest BCUT2D eigenvalue weighted by molar-refractivity contribution is 5.89. The Labute approximate surface area is 130 Å². The Morgan fingerprint density at radius 2 is 1.00 bits per heavy atom. The Balaban J connectivity index is 1.90. The zero-order chi connectivity index (χ0) is 14.5. The van der Waals surface area contributed by atoms with Gasteiger partial charge in [-0.15, -0.1) is 0 Å². The van der Waals surface area contributed by atoms with Gasteiger partial charge in [-0.2, -0.15) is 0 Å². The Hall–Kier alpha value is -2.60. The SMILES string of the molecule is c1cc2c3ccc(cc3c1)Cc1cccc3cc(ccc13)C2. The van der Waals surface area contributed by atoms with Crippen molar-refractivity contribution in [1.82, 2.24) is 0 Å². The molecule has 4 aromatic carbocycles. The molecule has 0 aliphatic heterocycles. The second kappa shape index (κ2) is 4.45. The fourth-order valence-electron chi connectivity index (χ4n) is 3.77. The molecule has 0 amide bonds. The van der Waals surface area contributed by atoms with Crippen molar-refractivity contribution >= 4 is 21.5 Å². The van der Waals surface area contributed by atoms with Gasteiger partial charge in [0.2, 0.25) is 0 Å². The molecule has 4 aromatic rings. The molecular formula is C22H16. The molecule has 4 aliphatic rings. The minimum Gasteiger partial charge on any atom is -0.0613 e. The lowest BCUT2D eigenvalue weighted by Gasteiger charge is -2.14. The van der Waals surface area contributed by atoms with Gasteiger partial charge in [-0.1, -0.05) is 72.8 Å². The van der Waals surface area contributed by atoms with Gasteiger partial charge in [0.15, 0.2) is 0 Å². The maximum absolute atomic E-state index is 2.35. The van der Waals surface area contributed by atoms with Crippen molar-refractivity contribution in [2.24, 2.45) is 0 Å². The maximum atomic E-state index is 2.35. The van der Waals surface area contributed by atoms with Crippen molar-refractivity contribution in [3.05, 3.63) is 95.1 Å². The van der Waals surface area contributed by atoms with Crippen molar-refractivity contribution in [3.63, 3.8) is 0 Å². The van der Waals surface area contributed by atoms with Crippen molar-refractivity contribution in [2.75, 3.05) is 0 Å². The van der Waals surface area contributed by atoms with E-state index in [4.69, 9.17) is 0 Å². The van der Waals surface area contributed by atoms with Gasteiger partial charge >= 0.3 is 0 Å². The standard InChI is InChI=1S/C22H16/c1-3-17-11-15-7-9-21(17)19(5-1)13-16-8-10-22-18(12-16)4-2-6-20(22)14-15/h1-12H,13-14H2. The predicted octanol–water partition coefficient (Wildman–Crippen LogP) is 5.49. The third kappa shape index (κ3) is 1.77. The Bertz CT molecular complexity index is 939. The molecule has 0 fully saturated rings. The van der Waals surface area contributed by atoms with Crippen LogP contribution in [0.2, 0.25) is 0 Å². The summed E-state index contributed by atoms with van der Waals surface area (Å²) in [5.74, 6) is 0. The van der Waals surface area contributed by atoms with E-state index in [-0.39, 0.29) is 0 Å². The highest BCUT2D eigenvalue weighted by Crippen LogP contribution is 2.29. The third-order valence-corrected chi connectivity index (χ3v) is 4.86. The summed E-state index contributed by atoms with van der Waals surface area (Å²) in [7, 11) is 0. The molecule has 8 rings (SSSR count). The molecule has 22 heavy (non-hydrogen) atoms. The summed E-state index contributed by atoms with van der Waals surface area (Å²) in [4.78, 5) is 0. The fourth-order valence-corrected chi connectivity index (χ4v) is 3.77. The third-order valence-electron chi connectivity index (χ3n) is 4.86. The van der Waals surface area contributed by atoms with Crippen LogP contribution in [0.25, 0.3) is 21.5 Å². The van der Waals surface area contributed by atoms with Crippen LogP contribution < -0.4 is 0 Å². The molecule has 0 heteroatoms. The lowest BCUT2D eigenvalue weighted by atomic mass is 9.91. The minimum absolute atomic E-state index is 0.997. The number of rotatable bonds is 0. The van der Waals surface area contributed by atoms with Gasteiger partial charge in [0.1, 0.15) is 0 Å². The molecule has 0 atom stereocenters.